The Morgan fingerprint density at radius 1 is 0.773 bits per heavy atom. The molecule has 406 valence electrons. The van der Waals surface area contributed by atoms with Gasteiger partial charge in [0.25, 0.3) is 0 Å². The van der Waals surface area contributed by atoms with Crippen LogP contribution in [0.5, 0.6) is 11.5 Å². The van der Waals surface area contributed by atoms with Gasteiger partial charge in [0.15, 0.2) is 0 Å². The molecule has 0 saturated carbocycles. The second-order valence-electron chi connectivity index (χ2n) is 19.1. The lowest BCUT2D eigenvalue weighted by atomic mass is 9.96. The Bertz CT molecular complexity index is 2510. The normalized spacial score (nSPS) is 24.9. The van der Waals surface area contributed by atoms with Crippen LogP contribution in [-0.4, -0.2) is 162 Å². The Balaban J connectivity index is 1.60. The molecule has 5 rings (SSSR count). The molecule has 0 spiro atoms. The van der Waals surface area contributed by atoms with E-state index in [1.807, 2.05) is 0 Å². The maximum absolute atomic E-state index is 14.8. The monoisotopic (exact) mass is 1040 g/mol. The summed E-state index contributed by atoms with van der Waals surface area (Å²) in [6.07, 6.45) is -8.50. The number of benzene rings is 3. The van der Waals surface area contributed by atoms with E-state index in [4.69, 9.17) is 10.5 Å². The smallest absolute Gasteiger partial charge is 0.329 e. The highest BCUT2D eigenvalue weighted by atomic mass is 16.5. The van der Waals surface area contributed by atoms with Crippen LogP contribution in [0.15, 0.2) is 78.9 Å². The maximum atomic E-state index is 14.8. The summed E-state index contributed by atoms with van der Waals surface area (Å²) in [5.74, 6) is -10.1. The second-order valence-corrected chi connectivity index (χ2v) is 19.1. The number of rotatable bonds is 16. The molecular formula is C52H68N8O15. The van der Waals surface area contributed by atoms with Crippen molar-refractivity contribution in [3.05, 3.63) is 95.6 Å². The molecule has 3 aromatic carbocycles. The average Bonchev–Trinajstić information content (AvgIpc) is 3.37. The third kappa shape index (κ3) is 15.7. The summed E-state index contributed by atoms with van der Waals surface area (Å²) in [6, 6.07) is 8.22. The number of carbonyl (C=O) groups excluding carboxylic acids is 9. The number of amides is 8. The number of aliphatic hydroxyl groups excluding tert-OH is 3. The Kier molecular flexibility index (Phi) is 20.6. The molecule has 12 atom stereocenters. The zero-order valence-corrected chi connectivity index (χ0v) is 42.4. The minimum atomic E-state index is -1.94. The van der Waals surface area contributed by atoms with E-state index in [1.54, 1.807) is 44.2 Å². The number of primary amides is 1. The van der Waals surface area contributed by atoms with Crippen molar-refractivity contribution in [3.8, 4) is 11.5 Å². The molecule has 2 aliphatic rings. The first-order valence-corrected chi connectivity index (χ1v) is 24.7. The molecule has 2 aliphatic heterocycles. The molecule has 12 N–H and O–H groups in total. The summed E-state index contributed by atoms with van der Waals surface area (Å²) < 4.78 is 5.91. The molecule has 75 heavy (non-hydrogen) atoms. The predicted molar refractivity (Wildman–Crippen MR) is 267 cm³/mol. The van der Waals surface area contributed by atoms with Crippen molar-refractivity contribution in [2.24, 2.45) is 11.7 Å². The van der Waals surface area contributed by atoms with Gasteiger partial charge in [-0.15, -0.1) is 0 Å². The highest BCUT2D eigenvalue weighted by Crippen LogP contribution is 2.25. The first-order chi connectivity index (χ1) is 35.5. The highest BCUT2D eigenvalue weighted by Gasteiger charge is 2.47. The van der Waals surface area contributed by atoms with Gasteiger partial charge in [-0.05, 0) is 80.0 Å². The number of piperidine rings is 1. The number of likely N-dealkylation sites (N-methyl/N-ethyl adjacent to an activating group) is 1. The van der Waals surface area contributed by atoms with Gasteiger partial charge < -0.3 is 72.4 Å². The fourth-order valence-corrected chi connectivity index (χ4v) is 8.80. The number of hydrogen-bond donors (Lipinski definition) is 11. The molecule has 2 heterocycles. The first kappa shape index (κ1) is 58.3. The quantitative estimate of drug-likeness (QED) is 0.0742. The molecule has 12 unspecified atom stereocenters. The van der Waals surface area contributed by atoms with Crippen LogP contribution in [-0.2, 0) is 67.2 Å². The van der Waals surface area contributed by atoms with Crippen LogP contribution >= 0.6 is 0 Å². The number of nitrogens with zero attached hydrogens (tertiary/aromatic N) is 2. The van der Waals surface area contributed by atoms with Gasteiger partial charge in [-0.3, -0.25) is 38.4 Å². The number of esters is 1. The number of phenolic OH excluding ortho intramolecular Hbond substituents is 2. The summed E-state index contributed by atoms with van der Waals surface area (Å²) in [5, 5.41) is 65.8. The summed E-state index contributed by atoms with van der Waals surface area (Å²) in [4.78, 5) is 129. The Labute approximate surface area is 433 Å². The van der Waals surface area contributed by atoms with E-state index in [9.17, 15) is 68.7 Å². The minimum absolute atomic E-state index is 0.0664. The third-order valence-corrected chi connectivity index (χ3v) is 13.4. The van der Waals surface area contributed by atoms with Crippen LogP contribution < -0.4 is 32.3 Å². The summed E-state index contributed by atoms with van der Waals surface area (Å²) in [6.45, 7) is 5.79. The molecular weight excluding hydrogens is 977 g/mol. The zero-order chi connectivity index (χ0) is 55.3. The van der Waals surface area contributed by atoms with Gasteiger partial charge >= 0.3 is 5.97 Å². The van der Waals surface area contributed by atoms with E-state index in [-0.39, 0.29) is 50.0 Å². The molecule has 8 amide bonds. The highest BCUT2D eigenvalue weighted by molar-refractivity contribution is 5.99. The first-order valence-electron chi connectivity index (χ1n) is 24.7. The van der Waals surface area contributed by atoms with Crippen LogP contribution in [0.25, 0.3) is 0 Å². The standard InChI is InChI=1S/C52H68N8O15/c1-6-27(2)42-52(74)75-29(4)43(58-45(67)35(20-22-40(53)65)54-48(70)39(64)26-32-14-18-34(63)19-15-32)49(71)56-37(24-31-12-16-33(62)17-13-31)46(68)55-36-21-23-41(66)60(50(36)72)44(28(3)61)51(73)59(5)38(47(69)57-42)25-30-10-8-7-9-11-30/h7-19,27-29,35-39,41-44,61-64,66H,6,20-26H2,1-5H3,(H2,53,65)(H,54,70)(H,55,68)(H,56,71)(H,57,69)(H,58,67). The molecule has 3 aromatic rings. The van der Waals surface area contributed by atoms with Crippen LogP contribution in [0, 0.1) is 5.92 Å². The van der Waals surface area contributed by atoms with Crippen molar-refractivity contribution < 1.29 is 73.4 Å². The van der Waals surface area contributed by atoms with Crippen molar-refractivity contribution >= 4 is 53.2 Å². The Hall–Kier alpha value is -7.63. The number of hydrogen-bond acceptors (Lipinski definition) is 15. The van der Waals surface area contributed by atoms with Gasteiger partial charge in [0.2, 0.25) is 47.3 Å². The van der Waals surface area contributed by atoms with Gasteiger partial charge in [-0.25, -0.2) is 4.79 Å². The van der Waals surface area contributed by atoms with Crippen LogP contribution in [0.3, 0.4) is 0 Å². The molecule has 0 aromatic heterocycles. The molecule has 2 bridgehead atoms. The molecule has 2 fully saturated rings. The lowest BCUT2D eigenvalue weighted by Gasteiger charge is -2.43. The number of carbonyl (C=O) groups is 9. The van der Waals surface area contributed by atoms with Crippen molar-refractivity contribution in [3.63, 3.8) is 0 Å². The number of cyclic esters (lactones) is 1. The van der Waals surface area contributed by atoms with Gasteiger partial charge in [0.05, 0.1) is 6.10 Å². The van der Waals surface area contributed by atoms with E-state index in [0.29, 0.717) is 16.7 Å². The average molecular weight is 1050 g/mol. The van der Waals surface area contributed by atoms with Gasteiger partial charge in [0.1, 0.15) is 72.2 Å². The number of aromatic hydroxyl groups is 2. The molecule has 23 nitrogen and oxygen atoms in total. The number of nitrogens with one attached hydrogen (secondary N) is 5. The number of phenols is 2. The van der Waals surface area contributed by atoms with Crippen molar-refractivity contribution in [2.45, 2.75) is 146 Å². The van der Waals surface area contributed by atoms with Crippen molar-refractivity contribution in [1.82, 2.24) is 36.4 Å². The number of nitrogens with two attached hydrogens (primary N) is 1. The van der Waals surface area contributed by atoms with E-state index >= 15 is 0 Å². The van der Waals surface area contributed by atoms with Crippen LogP contribution in [0.2, 0.25) is 0 Å². The molecule has 2 saturated heterocycles. The van der Waals surface area contributed by atoms with Crippen LogP contribution in [0.4, 0.5) is 0 Å². The van der Waals surface area contributed by atoms with E-state index in [2.05, 4.69) is 26.6 Å². The lowest BCUT2D eigenvalue weighted by molar-refractivity contribution is -0.170. The largest absolute Gasteiger partial charge is 0.508 e. The van der Waals surface area contributed by atoms with Gasteiger partial charge in [-0.1, -0.05) is 74.9 Å². The van der Waals surface area contributed by atoms with E-state index in [1.165, 1.54) is 69.4 Å². The van der Waals surface area contributed by atoms with E-state index in [0.717, 1.165) is 9.80 Å². The Morgan fingerprint density at radius 2 is 1.37 bits per heavy atom. The van der Waals surface area contributed by atoms with Crippen molar-refractivity contribution in [1.29, 1.82) is 0 Å². The summed E-state index contributed by atoms with van der Waals surface area (Å²) in [5.41, 5.74) is 6.80. The Morgan fingerprint density at radius 3 is 1.96 bits per heavy atom. The fourth-order valence-electron chi connectivity index (χ4n) is 8.80. The number of fused-ring (bicyclic) bond motifs is 2. The molecule has 23 heteroatoms. The number of ether oxygens (including phenoxy) is 1. The maximum Gasteiger partial charge on any atom is 0.329 e. The SMILES string of the molecule is CCC(C)C1NC(=O)C(Cc2ccccc2)N(C)C(=O)C(C(C)O)N2C(=O)C(CCC2O)NC(=O)C(Cc2ccc(O)cc2)NC(=O)C(NC(=O)C(CCC(N)=O)NC(=O)C(O)Cc2ccc(O)cc2)C(C)OC1=O. The van der Waals surface area contributed by atoms with Gasteiger partial charge in [0, 0.05) is 32.7 Å². The predicted octanol–water partition coefficient (Wildman–Crippen LogP) is -1.32. The molecule has 0 aliphatic carbocycles. The summed E-state index contributed by atoms with van der Waals surface area (Å²) in [7, 11) is 1.26. The number of aliphatic hydroxyl groups is 3. The lowest BCUT2D eigenvalue weighted by Crippen LogP contribution is -2.67. The van der Waals surface area contributed by atoms with Crippen LogP contribution in [0.1, 0.15) is 76.5 Å². The third-order valence-electron chi connectivity index (χ3n) is 13.4. The molecule has 0 radical (unpaired) electrons. The topological polar surface area (TPSA) is 357 Å². The fraction of sp³-hybridized carbons (Fsp3) is 0.481. The summed E-state index contributed by atoms with van der Waals surface area (Å²) >= 11 is 0. The second kappa shape index (κ2) is 26.5. The van der Waals surface area contributed by atoms with Gasteiger partial charge in [-0.2, -0.15) is 0 Å². The van der Waals surface area contributed by atoms with Crippen molar-refractivity contribution in [2.75, 3.05) is 7.05 Å². The van der Waals surface area contributed by atoms with E-state index < -0.39 is 139 Å². The zero-order valence-electron chi connectivity index (χ0n) is 42.4. The minimum Gasteiger partial charge on any atom is -0.508 e.